The largest absolute Gasteiger partial charge is 0.336 e. The molecule has 2 aromatic heterocycles. The van der Waals surface area contributed by atoms with Crippen molar-refractivity contribution in [2.45, 2.75) is 58.8 Å². The van der Waals surface area contributed by atoms with E-state index in [0.717, 1.165) is 37.2 Å². The van der Waals surface area contributed by atoms with E-state index in [1.165, 1.54) is 11.1 Å². The summed E-state index contributed by atoms with van der Waals surface area (Å²) < 4.78 is 3.46. The fourth-order valence-corrected chi connectivity index (χ4v) is 4.94. The monoisotopic (exact) mass is 447 g/mol. The highest BCUT2D eigenvalue weighted by Crippen LogP contribution is 2.21. The molecule has 3 aromatic rings. The topological polar surface area (TPSA) is 89.2 Å². The first-order valence-corrected chi connectivity index (χ1v) is 11.5. The Morgan fingerprint density at radius 2 is 1.94 bits per heavy atom. The third kappa shape index (κ3) is 4.40. The summed E-state index contributed by atoms with van der Waals surface area (Å²) in [6.07, 6.45) is 4.44. The first kappa shape index (κ1) is 21.4. The highest BCUT2D eigenvalue weighted by Gasteiger charge is 2.30. The van der Waals surface area contributed by atoms with Gasteiger partial charge in [0.1, 0.15) is 6.54 Å². The molecule has 1 aromatic carbocycles. The Kier molecular flexibility index (Phi) is 5.70. The van der Waals surface area contributed by atoms with Gasteiger partial charge in [-0.3, -0.25) is 14.3 Å². The van der Waals surface area contributed by atoms with Gasteiger partial charge in [-0.1, -0.05) is 29.5 Å². The van der Waals surface area contributed by atoms with Gasteiger partial charge in [0.2, 0.25) is 5.91 Å². The van der Waals surface area contributed by atoms with Crippen LogP contribution in [0.4, 0.5) is 0 Å². The number of benzene rings is 1. The summed E-state index contributed by atoms with van der Waals surface area (Å²) in [5.74, 6) is -0.0354. The van der Waals surface area contributed by atoms with Crippen LogP contribution >= 0.6 is 0 Å². The number of nitrogens with zero attached hydrogens (tertiary/aromatic N) is 7. The van der Waals surface area contributed by atoms with Crippen LogP contribution in [0.3, 0.4) is 0 Å². The lowest BCUT2D eigenvalue weighted by Gasteiger charge is -2.28. The Morgan fingerprint density at radius 1 is 1.12 bits per heavy atom. The van der Waals surface area contributed by atoms with Crippen LogP contribution in [0.15, 0.2) is 36.5 Å². The number of amides is 2. The Balaban J connectivity index is 1.22. The average molecular weight is 448 g/mol. The third-order valence-electron chi connectivity index (χ3n) is 6.66. The van der Waals surface area contributed by atoms with Crippen molar-refractivity contribution in [3.8, 4) is 0 Å². The zero-order valence-electron chi connectivity index (χ0n) is 19.1. The van der Waals surface area contributed by atoms with Crippen LogP contribution in [-0.4, -0.2) is 65.5 Å². The molecule has 0 aliphatic carbocycles. The van der Waals surface area contributed by atoms with Crippen LogP contribution in [0, 0.1) is 13.8 Å². The molecule has 9 heteroatoms. The number of fused-ring (bicyclic) bond motifs is 1. The molecular formula is C24H29N7O2. The minimum Gasteiger partial charge on any atom is -0.336 e. The molecule has 9 nitrogen and oxygen atoms in total. The standard InChI is InChI=1S/C24H29N7O2/c1-17-12-18(2)31(26-17)16-23(32)30-10-5-8-21(30)14-29-15-22(25-27-29)24(33)28-11-9-19-6-3-4-7-20(19)13-28/h3-4,6-7,12,15,21H,5,8-11,13-14,16H2,1-2H3/t21-/m0/s1. The second kappa shape index (κ2) is 8.80. The Labute approximate surface area is 193 Å². The third-order valence-corrected chi connectivity index (χ3v) is 6.66. The van der Waals surface area contributed by atoms with Gasteiger partial charge in [0.15, 0.2) is 5.69 Å². The quantitative estimate of drug-likeness (QED) is 0.597. The first-order chi connectivity index (χ1) is 16.0. The van der Waals surface area contributed by atoms with Gasteiger partial charge in [-0.05, 0) is 50.3 Å². The number of carbonyl (C=O) groups excluding carboxylic acids is 2. The molecular weight excluding hydrogens is 418 g/mol. The minimum absolute atomic E-state index is 0.0426. The van der Waals surface area contributed by atoms with Gasteiger partial charge in [-0.25, -0.2) is 4.68 Å². The summed E-state index contributed by atoms with van der Waals surface area (Å²) in [6, 6.07) is 10.3. The van der Waals surface area contributed by atoms with Crippen molar-refractivity contribution in [2.75, 3.05) is 13.1 Å². The number of likely N-dealkylation sites (tertiary alicyclic amines) is 1. The summed E-state index contributed by atoms with van der Waals surface area (Å²) in [6.45, 7) is 6.68. The number of hydrogen-bond donors (Lipinski definition) is 0. The molecule has 0 saturated carbocycles. The van der Waals surface area contributed by atoms with E-state index >= 15 is 0 Å². The molecule has 2 aliphatic rings. The fourth-order valence-electron chi connectivity index (χ4n) is 4.94. The number of aromatic nitrogens is 5. The van der Waals surface area contributed by atoms with Gasteiger partial charge < -0.3 is 9.80 Å². The molecule has 0 spiro atoms. The summed E-state index contributed by atoms with van der Waals surface area (Å²) in [5.41, 5.74) is 4.74. The molecule has 1 saturated heterocycles. The zero-order chi connectivity index (χ0) is 22.9. The van der Waals surface area contributed by atoms with Crippen LogP contribution in [0.1, 0.15) is 45.8 Å². The Morgan fingerprint density at radius 3 is 2.73 bits per heavy atom. The van der Waals surface area contributed by atoms with Crippen LogP contribution < -0.4 is 0 Å². The average Bonchev–Trinajstić information content (AvgIpc) is 3.54. The van der Waals surface area contributed by atoms with Crippen molar-refractivity contribution >= 4 is 11.8 Å². The highest BCUT2D eigenvalue weighted by atomic mass is 16.2. The summed E-state index contributed by atoms with van der Waals surface area (Å²) in [7, 11) is 0. The number of rotatable bonds is 5. The molecule has 2 aliphatic heterocycles. The van der Waals surface area contributed by atoms with E-state index < -0.39 is 0 Å². The number of aryl methyl sites for hydroxylation is 2. The van der Waals surface area contributed by atoms with Crippen LogP contribution in [-0.2, 0) is 30.8 Å². The molecule has 4 heterocycles. The number of hydrogen-bond acceptors (Lipinski definition) is 5. The van der Waals surface area contributed by atoms with E-state index in [1.54, 1.807) is 15.6 Å². The van der Waals surface area contributed by atoms with Crippen molar-refractivity contribution in [1.29, 1.82) is 0 Å². The molecule has 5 rings (SSSR count). The van der Waals surface area contributed by atoms with Gasteiger partial charge >= 0.3 is 0 Å². The van der Waals surface area contributed by atoms with Gasteiger partial charge in [-0.2, -0.15) is 5.10 Å². The maximum absolute atomic E-state index is 13.0. The molecule has 33 heavy (non-hydrogen) atoms. The van der Waals surface area contributed by atoms with E-state index in [-0.39, 0.29) is 24.4 Å². The van der Waals surface area contributed by atoms with E-state index in [1.807, 2.05) is 41.8 Å². The Bertz CT molecular complexity index is 1180. The van der Waals surface area contributed by atoms with E-state index in [2.05, 4.69) is 27.5 Å². The number of carbonyl (C=O) groups is 2. The van der Waals surface area contributed by atoms with Crippen molar-refractivity contribution in [1.82, 2.24) is 34.6 Å². The molecule has 172 valence electrons. The zero-order valence-corrected chi connectivity index (χ0v) is 19.1. The van der Waals surface area contributed by atoms with E-state index in [9.17, 15) is 9.59 Å². The van der Waals surface area contributed by atoms with Crippen molar-refractivity contribution in [3.05, 3.63) is 64.7 Å². The van der Waals surface area contributed by atoms with Crippen molar-refractivity contribution in [2.24, 2.45) is 0 Å². The SMILES string of the molecule is Cc1cc(C)n(CC(=O)N2CCC[C@H]2Cn2cc(C(=O)N3CCc4ccccc4C3)nn2)n1. The summed E-state index contributed by atoms with van der Waals surface area (Å²) >= 11 is 0. The first-order valence-electron chi connectivity index (χ1n) is 11.5. The normalized spacial score (nSPS) is 17.9. The molecule has 1 atom stereocenters. The van der Waals surface area contributed by atoms with Crippen LogP contribution in [0.25, 0.3) is 0 Å². The van der Waals surface area contributed by atoms with E-state index in [0.29, 0.717) is 25.3 Å². The molecule has 0 N–H and O–H groups in total. The highest BCUT2D eigenvalue weighted by molar-refractivity contribution is 5.92. The minimum atomic E-state index is -0.0976. The summed E-state index contributed by atoms with van der Waals surface area (Å²) in [4.78, 5) is 29.7. The lowest BCUT2D eigenvalue weighted by molar-refractivity contribution is -0.133. The lowest BCUT2D eigenvalue weighted by atomic mass is 10.00. The van der Waals surface area contributed by atoms with Gasteiger partial charge in [-0.15, -0.1) is 5.10 Å². The molecule has 2 amide bonds. The second-order valence-electron chi connectivity index (χ2n) is 9.04. The lowest BCUT2D eigenvalue weighted by Crippen LogP contribution is -2.40. The smallest absolute Gasteiger partial charge is 0.276 e. The second-order valence-corrected chi connectivity index (χ2v) is 9.04. The van der Waals surface area contributed by atoms with E-state index in [4.69, 9.17) is 0 Å². The van der Waals surface area contributed by atoms with Crippen LogP contribution in [0.2, 0.25) is 0 Å². The molecule has 0 unspecified atom stereocenters. The van der Waals surface area contributed by atoms with Crippen LogP contribution in [0.5, 0.6) is 0 Å². The van der Waals surface area contributed by atoms with Gasteiger partial charge in [0, 0.05) is 25.3 Å². The van der Waals surface area contributed by atoms with Gasteiger partial charge in [0.25, 0.3) is 5.91 Å². The molecule has 1 fully saturated rings. The van der Waals surface area contributed by atoms with Crippen molar-refractivity contribution < 1.29 is 9.59 Å². The Hall–Kier alpha value is -3.49. The predicted molar refractivity (Wildman–Crippen MR) is 121 cm³/mol. The van der Waals surface area contributed by atoms with Crippen molar-refractivity contribution in [3.63, 3.8) is 0 Å². The predicted octanol–water partition coefficient (Wildman–Crippen LogP) is 1.98. The fraction of sp³-hybridized carbons (Fsp3) is 0.458. The maximum atomic E-state index is 13.0. The maximum Gasteiger partial charge on any atom is 0.276 e. The molecule has 0 radical (unpaired) electrons. The molecule has 0 bridgehead atoms. The van der Waals surface area contributed by atoms with Gasteiger partial charge in [0.05, 0.1) is 24.5 Å². The summed E-state index contributed by atoms with van der Waals surface area (Å²) in [5, 5.41) is 12.8.